The van der Waals surface area contributed by atoms with E-state index in [1.807, 2.05) is 24.3 Å². The van der Waals surface area contributed by atoms with E-state index in [4.69, 9.17) is 5.11 Å². The summed E-state index contributed by atoms with van der Waals surface area (Å²) in [6.07, 6.45) is 0.980. The Kier molecular flexibility index (Phi) is 6.56. The Bertz CT molecular complexity index is 460. The van der Waals surface area contributed by atoms with Crippen molar-refractivity contribution in [2.75, 3.05) is 6.54 Å². The molecule has 0 aliphatic heterocycles. The van der Waals surface area contributed by atoms with Crippen molar-refractivity contribution >= 4 is 12.0 Å². The van der Waals surface area contributed by atoms with Gasteiger partial charge in [-0.25, -0.2) is 4.79 Å². The lowest BCUT2D eigenvalue weighted by molar-refractivity contribution is -0.137. The summed E-state index contributed by atoms with van der Waals surface area (Å²) >= 11 is 0. The molecule has 5 heteroatoms. The number of aryl methyl sites for hydroxylation is 1. The maximum Gasteiger partial charge on any atom is 0.315 e. The summed E-state index contributed by atoms with van der Waals surface area (Å²) in [5, 5.41) is 14.1. The molecule has 20 heavy (non-hydrogen) atoms. The molecule has 0 spiro atoms. The van der Waals surface area contributed by atoms with Crippen molar-refractivity contribution in [2.45, 2.75) is 33.2 Å². The van der Waals surface area contributed by atoms with Crippen LogP contribution in [-0.2, 0) is 17.8 Å². The number of nitrogens with one attached hydrogen (secondary N) is 2. The lowest BCUT2D eigenvalue weighted by Gasteiger charge is -2.12. The van der Waals surface area contributed by atoms with E-state index < -0.39 is 5.97 Å². The van der Waals surface area contributed by atoms with Gasteiger partial charge >= 0.3 is 12.0 Å². The fourth-order valence-electron chi connectivity index (χ4n) is 1.95. The smallest absolute Gasteiger partial charge is 0.315 e. The molecule has 1 atom stereocenters. The average Bonchev–Trinajstić information content (AvgIpc) is 2.42. The van der Waals surface area contributed by atoms with E-state index in [0.717, 1.165) is 12.0 Å². The number of aliphatic carboxylic acids is 1. The number of carbonyl (C=O) groups excluding carboxylic acids is 1. The van der Waals surface area contributed by atoms with Crippen LogP contribution >= 0.6 is 0 Å². The number of hydrogen-bond acceptors (Lipinski definition) is 2. The number of carbonyl (C=O) groups is 2. The molecule has 1 aromatic carbocycles. The fourth-order valence-corrected chi connectivity index (χ4v) is 1.95. The van der Waals surface area contributed by atoms with Gasteiger partial charge in [-0.2, -0.15) is 0 Å². The highest BCUT2D eigenvalue weighted by Gasteiger charge is 2.09. The molecule has 3 N–H and O–H groups in total. The Morgan fingerprint density at radius 1 is 1.20 bits per heavy atom. The van der Waals surface area contributed by atoms with Crippen molar-refractivity contribution in [3.8, 4) is 0 Å². The molecule has 2 amide bonds. The average molecular weight is 278 g/mol. The number of carboxylic acids is 1. The van der Waals surface area contributed by atoms with E-state index in [0.29, 0.717) is 13.1 Å². The van der Waals surface area contributed by atoms with Gasteiger partial charge in [0.05, 0.1) is 0 Å². The Morgan fingerprint density at radius 3 is 2.45 bits per heavy atom. The van der Waals surface area contributed by atoms with Gasteiger partial charge < -0.3 is 15.7 Å². The summed E-state index contributed by atoms with van der Waals surface area (Å²) in [7, 11) is 0. The largest absolute Gasteiger partial charge is 0.481 e. The number of urea groups is 1. The molecule has 0 bridgehead atoms. The van der Waals surface area contributed by atoms with Crippen LogP contribution in [0.2, 0.25) is 0 Å². The third-order valence-electron chi connectivity index (χ3n) is 3.07. The molecule has 0 aromatic heterocycles. The zero-order chi connectivity index (χ0) is 15.0. The summed E-state index contributed by atoms with van der Waals surface area (Å²) in [5.41, 5.74) is 2.32. The number of carboxylic acid groups (broad SMARTS) is 1. The predicted octanol–water partition coefficient (Wildman–Crippen LogP) is 2.16. The molecule has 0 aliphatic rings. The molecule has 1 unspecified atom stereocenters. The van der Waals surface area contributed by atoms with Crippen LogP contribution in [0.1, 0.15) is 31.4 Å². The summed E-state index contributed by atoms with van der Waals surface area (Å²) < 4.78 is 0. The van der Waals surface area contributed by atoms with Crippen LogP contribution in [0.5, 0.6) is 0 Å². The Hall–Kier alpha value is -2.04. The fraction of sp³-hybridized carbons (Fsp3) is 0.467. The zero-order valence-corrected chi connectivity index (χ0v) is 12.0. The van der Waals surface area contributed by atoms with Crippen LogP contribution in [0.4, 0.5) is 4.79 Å². The second-order valence-corrected chi connectivity index (χ2v) is 4.89. The van der Waals surface area contributed by atoms with Crippen LogP contribution in [0.3, 0.4) is 0 Å². The third kappa shape index (κ3) is 5.73. The summed E-state index contributed by atoms with van der Waals surface area (Å²) in [6.45, 7) is 4.70. The molecule has 0 heterocycles. The molecular weight excluding hydrogens is 256 g/mol. The van der Waals surface area contributed by atoms with E-state index >= 15 is 0 Å². The highest BCUT2D eigenvalue weighted by molar-refractivity contribution is 5.74. The normalized spacial score (nSPS) is 11.7. The van der Waals surface area contributed by atoms with Gasteiger partial charge in [-0.3, -0.25) is 4.79 Å². The van der Waals surface area contributed by atoms with Gasteiger partial charge in [0.15, 0.2) is 0 Å². The first-order chi connectivity index (χ1) is 9.52. The Balaban J connectivity index is 2.34. The number of benzene rings is 1. The summed E-state index contributed by atoms with van der Waals surface area (Å²) in [5.74, 6) is -0.933. The van der Waals surface area contributed by atoms with Gasteiger partial charge in [-0.15, -0.1) is 0 Å². The molecule has 1 rings (SSSR count). The van der Waals surface area contributed by atoms with Gasteiger partial charge in [0.25, 0.3) is 0 Å². The number of amides is 2. The van der Waals surface area contributed by atoms with Crippen molar-refractivity contribution in [3.63, 3.8) is 0 Å². The van der Waals surface area contributed by atoms with E-state index in [1.54, 1.807) is 6.92 Å². The molecule has 1 aromatic rings. The molecule has 0 radical (unpaired) electrons. The quantitative estimate of drug-likeness (QED) is 0.715. The molecule has 0 saturated heterocycles. The maximum absolute atomic E-state index is 11.6. The van der Waals surface area contributed by atoms with Crippen LogP contribution in [0.25, 0.3) is 0 Å². The monoisotopic (exact) mass is 278 g/mol. The molecule has 0 aliphatic carbocycles. The second kappa shape index (κ2) is 8.19. The topological polar surface area (TPSA) is 78.4 Å². The number of rotatable bonds is 7. The van der Waals surface area contributed by atoms with Crippen LogP contribution in [-0.4, -0.2) is 23.7 Å². The van der Waals surface area contributed by atoms with Crippen molar-refractivity contribution in [3.05, 3.63) is 35.4 Å². The zero-order valence-electron chi connectivity index (χ0n) is 12.0. The van der Waals surface area contributed by atoms with E-state index in [1.165, 1.54) is 5.56 Å². The van der Waals surface area contributed by atoms with Gasteiger partial charge in [0, 0.05) is 19.5 Å². The lowest BCUT2D eigenvalue weighted by Crippen LogP contribution is -2.37. The van der Waals surface area contributed by atoms with Crippen LogP contribution in [0.15, 0.2) is 24.3 Å². The minimum atomic E-state index is -0.850. The standard InChI is InChI=1S/C15H22N2O3/c1-3-12-6-4-5-7-13(12)10-17-15(20)16-9-11(2)8-14(18)19/h4-7,11H,3,8-10H2,1-2H3,(H,18,19)(H2,16,17,20). The second-order valence-electron chi connectivity index (χ2n) is 4.89. The first-order valence-corrected chi connectivity index (χ1v) is 6.83. The predicted molar refractivity (Wildman–Crippen MR) is 77.5 cm³/mol. The van der Waals surface area contributed by atoms with Gasteiger partial charge in [-0.05, 0) is 23.5 Å². The molecule has 110 valence electrons. The van der Waals surface area contributed by atoms with Gasteiger partial charge in [-0.1, -0.05) is 38.1 Å². The SMILES string of the molecule is CCc1ccccc1CNC(=O)NCC(C)CC(=O)O. The Morgan fingerprint density at radius 2 is 1.85 bits per heavy atom. The van der Waals surface area contributed by atoms with Crippen molar-refractivity contribution in [1.29, 1.82) is 0 Å². The molecular formula is C15H22N2O3. The van der Waals surface area contributed by atoms with Crippen molar-refractivity contribution < 1.29 is 14.7 Å². The van der Waals surface area contributed by atoms with Crippen LogP contribution < -0.4 is 10.6 Å². The molecule has 5 nitrogen and oxygen atoms in total. The third-order valence-corrected chi connectivity index (χ3v) is 3.07. The van der Waals surface area contributed by atoms with E-state index in [2.05, 4.69) is 17.6 Å². The van der Waals surface area contributed by atoms with E-state index in [9.17, 15) is 9.59 Å². The first-order valence-electron chi connectivity index (χ1n) is 6.83. The Labute approximate surface area is 119 Å². The van der Waals surface area contributed by atoms with Crippen LogP contribution in [0, 0.1) is 5.92 Å². The molecule has 0 saturated carbocycles. The lowest BCUT2D eigenvalue weighted by atomic mass is 10.1. The van der Waals surface area contributed by atoms with E-state index in [-0.39, 0.29) is 18.4 Å². The first kappa shape index (κ1) is 16.0. The minimum absolute atomic E-state index is 0.0545. The maximum atomic E-state index is 11.6. The van der Waals surface area contributed by atoms with Crippen molar-refractivity contribution in [2.24, 2.45) is 5.92 Å². The van der Waals surface area contributed by atoms with Crippen molar-refractivity contribution in [1.82, 2.24) is 10.6 Å². The highest BCUT2D eigenvalue weighted by Crippen LogP contribution is 2.08. The summed E-state index contributed by atoms with van der Waals surface area (Å²) in [6, 6.07) is 7.70. The minimum Gasteiger partial charge on any atom is -0.481 e. The molecule has 0 fully saturated rings. The summed E-state index contributed by atoms with van der Waals surface area (Å²) in [4.78, 5) is 22.1. The highest BCUT2D eigenvalue weighted by atomic mass is 16.4. The van der Waals surface area contributed by atoms with Gasteiger partial charge in [0.2, 0.25) is 0 Å². The van der Waals surface area contributed by atoms with Gasteiger partial charge in [0.1, 0.15) is 0 Å². The number of hydrogen-bond donors (Lipinski definition) is 3.